The van der Waals surface area contributed by atoms with Crippen LogP contribution in [0.3, 0.4) is 0 Å². The predicted octanol–water partition coefficient (Wildman–Crippen LogP) is 7.19. The summed E-state index contributed by atoms with van der Waals surface area (Å²) >= 11 is 12.3. The number of aryl methyl sites for hydroxylation is 1. The van der Waals surface area contributed by atoms with E-state index in [2.05, 4.69) is 4.98 Å². The van der Waals surface area contributed by atoms with Crippen LogP contribution in [0.2, 0.25) is 10.0 Å². The van der Waals surface area contributed by atoms with E-state index in [9.17, 15) is 17.6 Å². The number of halogens is 6. The van der Waals surface area contributed by atoms with Crippen molar-refractivity contribution in [2.45, 2.75) is 31.4 Å². The zero-order valence-electron chi connectivity index (χ0n) is 14.5. The summed E-state index contributed by atoms with van der Waals surface area (Å²) in [5.41, 5.74) is -0.675. The summed E-state index contributed by atoms with van der Waals surface area (Å²) in [6.45, 7) is 1.61. The first-order valence-electron chi connectivity index (χ1n) is 8.42. The summed E-state index contributed by atoms with van der Waals surface area (Å²) in [5, 5.41) is 0.975. The summed E-state index contributed by atoms with van der Waals surface area (Å²) in [6, 6.07) is 7.94. The SMILES string of the molecule is Cc1oc(C2(c3ccc(Cl)cc3Cl)CC2)nc1-c1ccc(F)c(C(F)(F)F)c1. The van der Waals surface area contributed by atoms with Crippen LogP contribution < -0.4 is 0 Å². The van der Waals surface area contributed by atoms with Gasteiger partial charge in [0, 0.05) is 15.6 Å². The maximum absolute atomic E-state index is 13.6. The van der Waals surface area contributed by atoms with Crippen LogP contribution >= 0.6 is 23.2 Å². The number of hydrogen-bond donors (Lipinski definition) is 0. The number of alkyl halides is 3. The molecule has 0 amide bonds. The van der Waals surface area contributed by atoms with Crippen LogP contribution in [0.5, 0.6) is 0 Å². The van der Waals surface area contributed by atoms with Crippen molar-refractivity contribution >= 4 is 23.2 Å². The molecule has 1 aliphatic rings. The lowest BCUT2D eigenvalue weighted by Gasteiger charge is -2.13. The molecule has 1 aromatic heterocycles. The Morgan fingerprint density at radius 2 is 1.79 bits per heavy atom. The van der Waals surface area contributed by atoms with Gasteiger partial charge in [0.05, 0.1) is 11.0 Å². The molecule has 146 valence electrons. The Hall–Kier alpha value is -2.05. The van der Waals surface area contributed by atoms with Crippen molar-refractivity contribution in [2.75, 3.05) is 0 Å². The maximum atomic E-state index is 13.6. The van der Waals surface area contributed by atoms with E-state index < -0.39 is 23.0 Å². The molecule has 4 rings (SSSR count). The summed E-state index contributed by atoms with van der Waals surface area (Å²) in [6.07, 6.45) is -3.31. The third-order valence-electron chi connectivity index (χ3n) is 4.95. The quantitative estimate of drug-likeness (QED) is 0.411. The van der Waals surface area contributed by atoms with Gasteiger partial charge in [0.15, 0.2) is 0 Å². The molecule has 0 spiro atoms. The summed E-state index contributed by atoms with van der Waals surface area (Å²) in [4.78, 5) is 4.46. The van der Waals surface area contributed by atoms with Crippen LogP contribution in [-0.4, -0.2) is 4.98 Å². The van der Waals surface area contributed by atoms with E-state index in [0.29, 0.717) is 21.7 Å². The van der Waals surface area contributed by atoms with Crippen molar-refractivity contribution < 1.29 is 22.0 Å². The highest BCUT2D eigenvalue weighted by Gasteiger charge is 2.51. The van der Waals surface area contributed by atoms with Crippen molar-refractivity contribution in [3.05, 3.63) is 75.0 Å². The molecule has 8 heteroatoms. The summed E-state index contributed by atoms with van der Waals surface area (Å²) < 4.78 is 58.5. The van der Waals surface area contributed by atoms with Crippen LogP contribution in [0.25, 0.3) is 11.3 Å². The third-order valence-corrected chi connectivity index (χ3v) is 5.50. The second-order valence-electron chi connectivity index (χ2n) is 6.82. The molecule has 3 aromatic rings. The molecule has 2 nitrogen and oxygen atoms in total. The van der Waals surface area contributed by atoms with E-state index in [1.54, 1.807) is 25.1 Å². The molecule has 0 aliphatic heterocycles. The first-order chi connectivity index (χ1) is 13.1. The maximum Gasteiger partial charge on any atom is 0.419 e. The van der Waals surface area contributed by atoms with E-state index >= 15 is 0 Å². The number of nitrogens with zero attached hydrogens (tertiary/aromatic N) is 1. The van der Waals surface area contributed by atoms with E-state index in [0.717, 1.165) is 30.5 Å². The fraction of sp³-hybridized carbons (Fsp3) is 0.250. The van der Waals surface area contributed by atoms with Crippen molar-refractivity contribution in [1.82, 2.24) is 4.98 Å². The second-order valence-corrected chi connectivity index (χ2v) is 7.67. The molecule has 0 saturated heterocycles. The Morgan fingerprint density at radius 1 is 1.07 bits per heavy atom. The average Bonchev–Trinajstić information content (AvgIpc) is 3.31. The highest BCUT2D eigenvalue weighted by atomic mass is 35.5. The van der Waals surface area contributed by atoms with E-state index in [4.69, 9.17) is 27.6 Å². The number of benzene rings is 2. The zero-order chi connectivity index (χ0) is 20.3. The standard InChI is InChI=1S/C20H13Cl2F4NO/c1-10-17(11-2-5-16(23)14(8-11)20(24,25)26)27-18(28-10)19(6-7-19)13-4-3-12(21)9-15(13)22/h2-5,8-9H,6-7H2,1H3. The van der Waals surface area contributed by atoms with E-state index in [1.165, 1.54) is 6.07 Å². The lowest BCUT2D eigenvalue weighted by molar-refractivity contribution is -0.139. The minimum Gasteiger partial charge on any atom is -0.444 e. The van der Waals surface area contributed by atoms with E-state index in [-0.39, 0.29) is 11.3 Å². The van der Waals surface area contributed by atoms with Crippen LogP contribution in [0, 0.1) is 12.7 Å². The number of rotatable bonds is 3. The summed E-state index contributed by atoms with van der Waals surface area (Å²) in [5.74, 6) is -0.600. The molecule has 1 aliphatic carbocycles. The summed E-state index contributed by atoms with van der Waals surface area (Å²) in [7, 11) is 0. The normalized spacial score (nSPS) is 15.7. The molecule has 0 radical (unpaired) electrons. The van der Waals surface area contributed by atoms with Crippen LogP contribution in [-0.2, 0) is 11.6 Å². The van der Waals surface area contributed by atoms with Crippen LogP contribution in [0.4, 0.5) is 17.6 Å². The fourth-order valence-corrected chi connectivity index (χ4v) is 3.95. The first kappa shape index (κ1) is 19.3. The van der Waals surface area contributed by atoms with Gasteiger partial charge in [-0.05, 0) is 55.7 Å². The van der Waals surface area contributed by atoms with Gasteiger partial charge in [-0.15, -0.1) is 0 Å². The lowest BCUT2D eigenvalue weighted by Crippen LogP contribution is -2.10. The predicted molar refractivity (Wildman–Crippen MR) is 98.1 cm³/mol. The molecule has 0 atom stereocenters. The van der Waals surface area contributed by atoms with Gasteiger partial charge in [0.2, 0.25) is 5.89 Å². The number of oxazole rings is 1. The number of hydrogen-bond acceptors (Lipinski definition) is 2. The zero-order valence-corrected chi connectivity index (χ0v) is 16.0. The molecule has 1 saturated carbocycles. The molecular weight excluding hydrogens is 417 g/mol. The Bertz CT molecular complexity index is 1070. The molecule has 0 unspecified atom stereocenters. The van der Waals surface area contributed by atoms with Gasteiger partial charge in [0.25, 0.3) is 0 Å². The van der Waals surface area contributed by atoms with Gasteiger partial charge in [-0.3, -0.25) is 0 Å². The second kappa shape index (κ2) is 6.49. The lowest BCUT2D eigenvalue weighted by atomic mass is 9.96. The fourth-order valence-electron chi connectivity index (χ4n) is 3.36. The monoisotopic (exact) mass is 429 g/mol. The van der Waals surface area contributed by atoms with Crippen LogP contribution in [0.15, 0.2) is 40.8 Å². The Morgan fingerprint density at radius 3 is 2.39 bits per heavy atom. The molecule has 1 heterocycles. The largest absolute Gasteiger partial charge is 0.444 e. The molecular formula is C20H13Cl2F4NO. The van der Waals surface area contributed by atoms with Gasteiger partial charge in [-0.2, -0.15) is 13.2 Å². The minimum absolute atomic E-state index is 0.138. The Labute approximate surface area is 168 Å². The molecule has 28 heavy (non-hydrogen) atoms. The Balaban J connectivity index is 1.78. The van der Waals surface area contributed by atoms with Crippen molar-refractivity contribution in [1.29, 1.82) is 0 Å². The Kier molecular flexibility index (Phi) is 4.47. The van der Waals surface area contributed by atoms with Gasteiger partial charge in [0.1, 0.15) is 17.3 Å². The van der Waals surface area contributed by atoms with Crippen LogP contribution in [0.1, 0.15) is 35.6 Å². The van der Waals surface area contributed by atoms with E-state index in [1.807, 2.05) is 0 Å². The third kappa shape index (κ3) is 3.18. The van der Waals surface area contributed by atoms with Crippen molar-refractivity contribution in [3.63, 3.8) is 0 Å². The first-order valence-corrected chi connectivity index (χ1v) is 9.18. The number of aromatic nitrogens is 1. The molecule has 0 bridgehead atoms. The smallest absolute Gasteiger partial charge is 0.419 e. The van der Waals surface area contributed by atoms with Crippen molar-refractivity contribution in [2.24, 2.45) is 0 Å². The van der Waals surface area contributed by atoms with Gasteiger partial charge in [-0.1, -0.05) is 29.3 Å². The highest BCUT2D eigenvalue weighted by Crippen LogP contribution is 2.55. The average molecular weight is 430 g/mol. The molecule has 0 N–H and O–H groups in total. The van der Waals surface area contributed by atoms with Gasteiger partial charge in [-0.25, -0.2) is 9.37 Å². The highest BCUT2D eigenvalue weighted by molar-refractivity contribution is 6.35. The topological polar surface area (TPSA) is 26.0 Å². The van der Waals surface area contributed by atoms with Crippen molar-refractivity contribution in [3.8, 4) is 11.3 Å². The molecule has 1 fully saturated rings. The minimum atomic E-state index is -4.80. The van der Waals surface area contributed by atoms with Gasteiger partial charge >= 0.3 is 6.18 Å². The molecule has 2 aromatic carbocycles. The van der Waals surface area contributed by atoms with Gasteiger partial charge < -0.3 is 4.42 Å².